The monoisotopic (exact) mass is 267 g/mol. The summed E-state index contributed by atoms with van der Waals surface area (Å²) in [6, 6.07) is 2.02. The van der Waals surface area contributed by atoms with Crippen molar-refractivity contribution in [1.29, 1.82) is 5.26 Å². The van der Waals surface area contributed by atoms with Crippen LogP contribution in [0.4, 0.5) is 0 Å². The molecule has 6 heteroatoms. The normalized spacial score (nSPS) is 16.7. The van der Waals surface area contributed by atoms with Gasteiger partial charge in [-0.05, 0) is 25.9 Å². The van der Waals surface area contributed by atoms with E-state index in [0.29, 0.717) is 19.5 Å². The lowest BCUT2D eigenvalue weighted by Crippen LogP contribution is -2.43. The van der Waals surface area contributed by atoms with Gasteiger partial charge in [0.25, 0.3) is 0 Å². The summed E-state index contributed by atoms with van der Waals surface area (Å²) < 4.78 is 4.73. The van der Waals surface area contributed by atoms with Crippen LogP contribution in [-0.2, 0) is 14.3 Å². The van der Waals surface area contributed by atoms with E-state index in [1.807, 2.05) is 11.0 Å². The first kappa shape index (κ1) is 15.4. The molecular formula is C13H21N3O3. The van der Waals surface area contributed by atoms with Gasteiger partial charge in [-0.15, -0.1) is 0 Å². The van der Waals surface area contributed by atoms with Crippen molar-refractivity contribution >= 4 is 11.9 Å². The smallest absolute Gasteiger partial charge is 0.308 e. The molecule has 0 atom stereocenters. The molecule has 1 aliphatic rings. The van der Waals surface area contributed by atoms with Crippen LogP contribution >= 0.6 is 0 Å². The number of likely N-dealkylation sites (N-methyl/N-ethyl adjacent to an activating group) is 1. The first-order chi connectivity index (χ1) is 9.08. The van der Waals surface area contributed by atoms with Crippen molar-refractivity contribution in [2.45, 2.75) is 19.3 Å². The van der Waals surface area contributed by atoms with Gasteiger partial charge in [0, 0.05) is 13.6 Å². The summed E-state index contributed by atoms with van der Waals surface area (Å²) in [7, 11) is 3.11. The highest BCUT2D eigenvalue weighted by Gasteiger charge is 2.26. The Morgan fingerprint density at radius 2 is 2.05 bits per heavy atom. The van der Waals surface area contributed by atoms with Gasteiger partial charge in [0.2, 0.25) is 5.91 Å². The van der Waals surface area contributed by atoms with Crippen LogP contribution in [-0.4, -0.2) is 62.0 Å². The van der Waals surface area contributed by atoms with Crippen LogP contribution in [0.5, 0.6) is 0 Å². The van der Waals surface area contributed by atoms with Crippen LogP contribution in [0.1, 0.15) is 19.3 Å². The molecule has 1 aliphatic heterocycles. The first-order valence-corrected chi connectivity index (χ1v) is 6.49. The number of ether oxygens (including phenoxy) is 1. The molecule has 19 heavy (non-hydrogen) atoms. The van der Waals surface area contributed by atoms with Gasteiger partial charge < -0.3 is 9.64 Å². The number of hydrogen-bond donors (Lipinski definition) is 0. The number of carbonyl (C=O) groups excluding carboxylic acids is 2. The number of methoxy groups -OCH3 is 1. The number of rotatable bonds is 5. The summed E-state index contributed by atoms with van der Waals surface area (Å²) in [5, 5.41) is 8.48. The zero-order valence-corrected chi connectivity index (χ0v) is 11.6. The number of nitriles is 1. The molecule has 0 radical (unpaired) electrons. The van der Waals surface area contributed by atoms with Gasteiger partial charge in [0.15, 0.2) is 0 Å². The summed E-state index contributed by atoms with van der Waals surface area (Å²) in [5.41, 5.74) is 0. The number of likely N-dealkylation sites (tertiary alicyclic amines) is 1. The molecule has 0 aromatic carbocycles. The van der Waals surface area contributed by atoms with E-state index in [1.54, 1.807) is 11.9 Å². The Kier molecular flexibility index (Phi) is 6.30. The average molecular weight is 267 g/mol. The minimum absolute atomic E-state index is 0.0202. The molecule has 0 spiro atoms. The Bertz CT molecular complexity index is 357. The molecule has 0 aliphatic carbocycles. The molecule has 0 saturated carbocycles. The van der Waals surface area contributed by atoms with Crippen molar-refractivity contribution in [1.82, 2.24) is 9.80 Å². The predicted molar refractivity (Wildman–Crippen MR) is 69.0 cm³/mol. The summed E-state index contributed by atoms with van der Waals surface area (Å²) in [6.45, 7) is 2.29. The number of piperidine rings is 1. The van der Waals surface area contributed by atoms with Crippen molar-refractivity contribution in [2.24, 2.45) is 5.92 Å². The number of amides is 1. The van der Waals surface area contributed by atoms with Gasteiger partial charge in [0.05, 0.1) is 32.1 Å². The van der Waals surface area contributed by atoms with E-state index in [2.05, 4.69) is 0 Å². The zero-order chi connectivity index (χ0) is 14.3. The second kappa shape index (κ2) is 7.74. The highest BCUT2D eigenvalue weighted by Crippen LogP contribution is 2.18. The van der Waals surface area contributed by atoms with Crippen LogP contribution in [0.2, 0.25) is 0 Å². The minimum Gasteiger partial charge on any atom is -0.469 e. The number of esters is 1. The number of hydrogen-bond acceptors (Lipinski definition) is 5. The maximum atomic E-state index is 11.9. The highest BCUT2D eigenvalue weighted by molar-refractivity contribution is 5.78. The van der Waals surface area contributed by atoms with Gasteiger partial charge in [-0.2, -0.15) is 5.26 Å². The molecule has 1 amide bonds. The summed E-state index contributed by atoms with van der Waals surface area (Å²) in [6.07, 6.45) is 1.83. The molecular weight excluding hydrogens is 246 g/mol. The zero-order valence-electron chi connectivity index (χ0n) is 11.6. The Labute approximate surface area is 113 Å². The summed E-state index contributed by atoms with van der Waals surface area (Å²) in [4.78, 5) is 26.9. The Balaban J connectivity index is 2.31. The van der Waals surface area contributed by atoms with Crippen LogP contribution in [0.25, 0.3) is 0 Å². The largest absolute Gasteiger partial charge is 0.469 e. The van der Waals surface area contributed by atoms with Crippen molar-refractivity contribution in [3.8, 4) is 6.07 Å². The molecule has 6 nitrogen and oxygen atoms in total. The van der Waals surface area contributed by atoms with Gasteiger partial charge in [0.1, 0.15) is 0 Å². The average Bonchev–Trinajstić information content (AvgIpc) is 2.44. The van der Waals surface area contributed by atoms with E-state index in [0.717, 1.165) is 25.9 Å². The lowest BCUT2D eigenvalue weighted by Gasteiger charge is -2.31. The molecule has 1 heterocycles. The molecule has 0 aromatic heterocycles. The van der Waals surface area contributed by atoms with E-state index < -0.39 is 0 Å². The second-order valence-electron chi connectivity index (χ2n) is 4.80. The minimum atomic E-state index is -0.155. The number of nitrogens with zero attached hydrogens (tertiary/aromatic N) is 3. The SMILES string of the molecule is COC(=O)C1CCN(CC(=O)N(C)CCC#N)CC1. The van der Waals surface area contributed by atoms with Gasteiger partial charge in [-0.3, -0.25) is 14.5 Å². The van der Waals surface area contributed by atoms with Gasteiger partial charge in [-0.1, -0.05) is 0 Å². The third-order valence-electron chi connectivity index (χ3n) is 3.47. The Morgan fingerprint density at radius 1 is 1.42 bits per heavy atom. The lowest BCUT2D eigenvalue weighted by atomic mass is 9.97. The van der Waals surface area contributed by atoms with Gasteiger partial charge >= 0.3 is 5.97 Å². The quantitative estimate of drug-likeness (QED) is 0.667. The first-order valence-electron chi connectivity index (χ1n) is 6.49. The van der Waals surface area contributed by atoms with Crippen LogP contribution < -0.4 is 0 Å². The third kappa shape index (κ3) is 4.87. The second-order valence-corrected chi connectivity index (χ2v) is 4.80. The fourth-order valence-electron chi connectivity index (χ4n) is 2.15. The van der Waals surface area contributed by atoms with Gasteiger partial charge in [-0.25, -0.2) is 0 Å². The van der Waals surface area contributed by atoms with E-state index in [-0.39, 0.29) is 17.8 Å². The maximum absolute atomic E-state index is 11.9. The third-order valence-corrected chi connectivity index (χ3v) is 3.47. The summed E-state index contributed by atoms with van der Waals surface area (Å²) in [5.74, 6) is -0.170. The molecule has 1 saturated heterocycles. The molecule has 0 bridgehead atoms. The molecule has 0 aromatic rings. The summed E-state index contributed by atoms with van der Waals surface area (Å²) >= 11 is 0. The van der Waals surface area contributed by atoms with Crippen LogP contribution in [0, 0.1) is 17.2 Å². The van der Waals surface area contributed by atoms with E-state index in [9.17, 15) is 9.59 Å². The maximum Gasteiger partial charge on any atom is 0.308 e. The molecule has 0 unspecified atom stereocenters. The van der Waals surface area contributed by atoms with Crippen LogP contribution in [0.3, 0.4) is 0 Å². The Hall–Kier alpha value is -1.61. The Morgan fingerprint density at radius 3 is 2.58 bits per heavy atom. The number of carbonyl (C=O) groups is 2. The molecule has 0 N–H and O–H groups in total. The van der Waals surface area contributed by atoms with E-state index in [1.165, 1.54) is 7.11 Å². The van der Waals surface area contributed by atoms with E-state index >= 15 is 0 Å². The van der Waals surface area contributed by atoms with Crippen molar-refractivity contribution in [3.05, 3.63) is 0 Å². The fraction of sp³-hybridized carbons (Fsp3) is 0.769. The standard InChI is InChI=1S/C13H21N3O3/c1-15(7-3-6-14)12(17)10-16-8-4-11(5-9-16)13(18)19-2/h11H,3-5,7-10H2,1-2H3. The fourth-order valence-corrected chi connectivity index (χ4v) is 2.15. The molecule has 1 fully saturated rings. The lowest BCUT2D eigenvalue weighted by molar-refractivity contribution is -0.147. The highest BCUT2D eigenvalue weighted by atomic mass is 16.5. The van der Waals surface area contributed by atoms with Crippen molar-refractivity contribution in [3.63, 3.8) is 0 Å². The van der Waals surface area contributed by atoms with Crippen LogP contribution in [0.15, 0.2) is 0 Å². The van der Waals surface area contributed by atoms with Crippen molar-refractivity contribution in [2.75, 3.05) is 40.3 Å². The van der Waals surface area contributed by atoms with E-state index in [4.69, 9.17) is 10.00 Å². The molecule has 106 valence electrons. The molecule has 1 rings (SSSR count). The van der Waals surface area contributed by atoms with Crippen molar-refractivity contribution < 1.29 is 14.3 Å². The topological polar surface area (TPSA) is 73.6 Å². The predicted octanol–water partition coefficient (Wildman–Crippen LogP) is 0.243.